The monoisotopic (exact) mass is 241 g/mol. The molecule has 0 spiro atoms. The number of carbonyl (C=O) groups is 1. The normalized spacial score (nSPS) is 27.5. The van der Waals surface area contributed by atoms with E-state index in [4.69, 9.17) is 10.5 Å². The van der Waals surface area contributed by atoms with Gasteiger partial charge in [-0.25, -0.2) is 0 Å². The smallest absolute Gasteiger partial charge is 0.316 e. The van der Waals surface area contributed by atoms with Crippen LogP contribution in [0.3, 0.4) is 0 Å². The first kappa shape index (κ1) is 13.0. The molecular formula is C12H16ClNO2. The minimum absolute atomic E-state index is 0. The first-order chi connectivity index (χ1) is 7.19. The molecule has 0 aromatic heterocycles. The zero-order valence-corrected chi connectivity index (χ0v) is 10.00. The van der Waals surface area contributed by atoms with E-state index < -0.39 is 5.41 Å². The van der Waals surface area contributed by atoms with Gasteiger partial charge in [-0.1, -0.05) is 30.3 Å². The molecule has 1 aliphatic rings. The first-order valence-corrected chi connectivity index (χ1v) is 5.08. The van der Waals surface area contributed by atoms with E-state index >= 15 is 0 Å². The number of carbonyl (C=O) groups excluding carboxylic acids is 1. The predicted molar refractivity (Wildman–Crippen MR) is 64.6 cm³/mol. The molecule has 88 valence electrons. The van der Waals surface area contributed by atoms with Crippen LogP contribution in [0.15, 0.2) is 30.3 Å². The van der Waals surface area contributed by atoms with Crippen molar-refractivity contribution in [2.24, 2.45) is 5.73 Å². The number of methoxy groups -OCH3 is 1. The van der Waals surface area contributed by atoms with Gasteiger partial charge in [0.25, 0.3) is 0 Å². The van der Waals surface area contributed by atoms with Crippen LogP contribution in [0.5, 0.6) is 0 Å². The standard InChI is InChI=1S/C12H15NO2.ClH/c1-15-11(14)12(7-10(13)8-12)9-5-3-2-4-6-9;/h2-6,10H,7-8,13H2,1H3;1H. The third-order valence-electron chi connectivity index (χ3n) is 3.12. The van der Waals surface area contributed by atoms with Crippen LogP contribution in [0.25, 0.3) is 0 Å². The largest absolute Gasteiger partial charge is 0.468 e. The molecule has 1 fully saturated rings. The van der Waals surface area contributed by atoms with Gasteiger partial charge in [0.1, 0.15) is 0 Å². The van der Waals surface area contributed by atoms with Gasteiger partial charge < -0.3 is 10.5 Å². The van der Waals surface area contributed by atoms with Gasteiger partial charge >= 0.3 is 5.97 Å². The maximum absolute atomic E-state index is 11.8. The number of hydrogen-bond acceptors (Lipinski definition) is 3. The van der Waals surface area contributed by atoms with Crippen LogP contribution in [0.4, 0.5) is 0 Å². The molecule has 3 nitrogen and oxygen atoms in total. The average Bonchev–Trinajstić information content (AvgIpc) is 2.24. The second kappa shape index (κ2) is 4.85. The summed E-state index contributed by atoms with van der Waals surface area (Å²) >= 11 is 0. The highest BCUT2D eigenvalue weighted by atomic mass is 35.5. The molecule has 16 heavy (non-hydrogen) atoms. The lowest BCUT2D eigenvalue weighted by Gasteiger charge is -2.43. The van der Waals surface area contributed by atoms with Crippen molar-refractivity contribution in [2.45, 2.75) is 24.3 Å². The Balaban J connectivity index is 0.00000128. The quantitative estimate of drug-likeness (QED) is 0.801. The summed E-state index contributed by atoms with van der Waals surface area (Å²) < 4.78 is 4.87. The fraction of sp³-hybridized carbons (Fsp3) is 0.417. The van der Waals surface area contributed by atoms with Gasteiger partial charge in [0.2, 0.25) is 0 Å². The van der Waals surface area contributed by atoms with Gasteiger partial charge in [-0.05, 0) is 18.4 Å². The van der Waals surface area contributed by atoms with E-state index in [9.17, 15) is 4.79 Å². The second-order valence-electron chi connectivity index (χ2n) is 4.11. The second-order valence-corrected chi connectivity index (χ2v) is 4.11. The van der Waals surface area contributed by atoms with Crippen molar-refractivity contribution >= 4 is 18.4 Å². The molecule has 1 aliphatic carbocycles. The lowest BCUT2D eigenvalue weighted by molar-refractivity contribution is -0.152. The molecule has 2 rings (SSSR count). The Labute approximate surface area is 101 Å². The summed E-state index contributed by atoms with van der Waals surface area (Å²) in [5, 5.41) is 0. The summed E-state index contributed by atoms with van der Waals surface area (Å²) in [4.78, 5) is 11.8. The highest BCUT2D eigenvalue weighted by molar-refractivity contribution is 5.85. The Morgan fingerprint density at radius 3 is 2.38 bits per heavy atom. The molecule has 4 heteroatoms. The van der Waals surface area contributed by atoms with Crippen molar-refractivity contribution in [3.05, 3.63) is 35.9 Å². The number of esters is 1. The van der Waals surface area contributed by atoms with Crippen molar-refractivity contribution in [2.75, 3.05) is 7.11 Å². The van der Waals surface area contributed by atoms with E-state index in [1.165, 1.54) is 7.11 Å². The van der Waals surface area contributed by atoms with E-state index in [1.807, 2.05) is 30.3 Å². The van der Waals surface area contributed by atoms with Crippen LogP contribution in [-0.2, 0) is 14.9 Å². The number of hydrogen-bond donors (Lipinski definition) is 1. The predicted octanol–water partition coefficient (Wildman–Crippen LogP) is 1.64. The summed E-state index contributed by atoms with van der Waals surface area (Å²) in [6, 6.07) is 9.84. The molecule has 0 amide bonds. The third-order valence-corrected chi connectivity index (χ3v) is 3.12. The molecule has 0 bridgehead atoms. The van der Waals surface area contributed by atoms with Crippen LogP contribution in [-0.4, -0.2) is 19.1 Å². The molecule has 1 aromatic carbocycles. The molecule has 0 saturated heterocycles. The van der Waals surface area contributed by atoms with E-state index in [0.29, 0.717) is 12.8 Å². The Hall–Kier alpha value is -1.06. The van der Waals surface area contributed by atoms with Crippen molar-refractivity contribution < 1.29 is 9.53 Å². The lowest BCUT2D eigenvalue weighted by atomic mass is 9.62. The van der Waals surface area contributed by atoms with Gasteiger partial charge in [-0.3, -0.25) is 4.79 Å². The van der Waals surface area contributed by atoms with Crippen LogP contribution in [0.2, 0.25) is 0 Å². The summed E-state index contributed by atoms with van der Waals surface area (Å²) in [5.74, 6) is -0.171. The van der Waals surface area contributed by atoms with E-state index in [1.54, 1.807) is 0 Å². The molecule has 0 radical (unpaired) electrons. The minimum Gasteiger partial charge on any atom is -0.468 e. The van der Waals surface area contributed by atoms with Gasteiger partial charge in [0, 0.05) is 6.04 Å². The maximum atomic E-state index is 11.8. The molecule has 1 aromatic rings. The SMILES string of the molecule is COC(=O)C1(c2ccccc2)CC(N)C1.Cl. The molecule has 0 unspecified atom stereocenters. The van der Waals surface area contributed by atoms with Crippen LogP contribution < -0.4 is 5.73 Å². The summed E-state index contributed by atoms with van der Waals surface area (Å²) in [6.45, 7) is 0. The molecule has 0 heterocycles. The zero-order valence-electron chi connectivity index (χ0n) is 9.18. The lowest BCUT2D eigenvalue weighted by Crippen LogP contribution is -2.54. The van der Waals surface area contributed by atoms with Crippen molar-refractivity contribution in [3.8, 4) is 0 Å². The fourth-order valence-electron chi connectivity index (χ4n) is 2.31. The van der Waals surface area contributed by atoms with Crippen molar-refractivity contribution in [1.82, 2.24) is 0 Å². The van der Waals surface area contributed by atoms with Gasteiger partial charge in [-0.15, -0.1) is 12.4 Å². The summed E-state index contributed by atoms with van der Waals surface area (Å²) in [5.41, 5.74) is 6.30. The Morgan fingerprint density at radius 2 is 1.94 bits per heavy atom. The minimum atomic E-state index is -0.491. The summed E-state index contributed by atoms with van der Waals surface area (Å²) in [7, 11) is 1.43. The van der Waals surface area contributed by atoms with E-state index in [-0.39, 0.29) is 24.4 Å². The number of nitrogens with two attached hydrogens (primary N) is 1. The molecule has 2 N–H and O–H groups in total. The molecule has 0 atom stereocenters. The first-order valence-electron chi connectivity index (χ1n) is 5.08. The fourth-order valence-corrected chi connectivity index (χ4v) is 2.31. The summed E-state index contributed by atoms with van der Waals surface area (Å²) in [6.07, 6.45) is 1.37. The number of rotatable bonds is 2. The molecule has 0 aliphatic heterocycles. The number of halogens is 1. The van der Waals surface area contributed by atoms with E-state index in [0.717, 1.165) is 5.56 Å². The zero-order chi connectivity index (χ0) is 10.9. The topological polar surface area (TPSA) is 52.3 Å². The van der Waals surface area contributed by atoms with Crippen molar-refractivity contribution in [1.29, 1.82) is 0 Å². The Bertz CT molecular complexity index is 361. The third kappa shape index (κ3) is 1.93. The Kier molecular flexibility index (Phi) is 3.94. The molecule has 1 saturated carbocycles. The maximum Gasteiger partial charge on any atom is 0.316 e. The van der Waals surface area contributed by atoms with Gasteiger partial charge in [0.05, 0.1) is 12.5 Å². The van der Waals surface area contributed by atoms with Gasteiger partial charge in [0.15, 0.2) is 0 Å². The van der Waals surface area contributed by atoms with E-state index in [2.05, 4.69) is 0 Å². The number of benzene rings is 1. The van der Waals surface area contributed by atoms with Crippen molar-refractivity contribution in [3.63, 3.8) is 0 Å². The van der Waals surface area contributed by atoms with Crippen LogP contribution >= 0.6 is 12.4 Å². The number of ether oxygens (including phenoxy) is 1. The Morgan fingerprint density at radius 1 is 1.38 bits per heavy atom. The highest BCUT2D eigenvalue weighted by Crippen LogP contribution is 2.43. The highest BCUT2D eigenvalue weighted by Gasteiger charge is 2.50. The van der Waals surface area contributed by atoms with Gasteiger partial charge in [-0.2, -0.15) is 0 Å². The average molecular weight is 242 g/mol. The van der Waals surface area contributed by atoms with Crippen LogP contribution in [0.1, 0.15) is 18.4 Å². The molecular weight excluding hydrogens is 226 g/mol. The van der Waals surface area contributed by atoms with Crippen LogP contribution in [0, 0.1) is 0 Å².